The molecular weight excluding hydrogens is 480 g/mol. The number of aliphatic hydroxyl groups is 1. The smallest absolute Gasteiger partial charge is 0.326 e. The molecule has 0 aliphatic rings. The van der Waals surface area contributed by atoms with Gasteiger partial charge in [-0.2, -0.15) is 0 Å². The number of carboxylic acid groups (broad SMARTS) is 3. The van der Waals surface area contributed by atoms with Crippen LogP contribution < -0.4 is 21.7 Å². The Labute approximate surface area is 205 Å². The molecule has 1 rings (SSSR count). The molecule has 0 radical (unpaired) electrons. The van der Waals surface area contributed by atoms with E-state index in [4.69, 9.17) is 15.9 Å². The van der Waals surface area contributed by atoms with Crippen LogP contribution >= 0.6 is 0 Å². The molecule has 198 valence electrons. The zero-order valence-electron chi connectivity index (χ0n) is 19.4. The van der Waals surface area contributed by atoms with Gasteiger partial charge in [0.05, 0.1) is 12.5 Å². The van der Waals surface area contributed by atoms with E-state index in [-0.39, 0.29) is 6.42 Å². The summed E-state index contributed by atoms with van der Waals surface area (Å²) in [5, 5.41) is 43.4. The monoisotopic (exact) mass is 510 g/mol. The summed E-state index contributed by atoms with van der Waals surface area (Å²) >= 11 is 0. The molecule has 3 amide bonds. The Balaban J connectivity index is 3.14. The second kappa shape index (κ2) is 14.4. The molecule has 9 N–H and O–H groups in total. The molecule has 0 bridgehead atoms. The molecule has 5 unspecified atom stereocenters. The van der Waals surface area contributed by atoms with Gasteiger partial charge in [0.15, 0.2) is 0 Å². The number of nitrogens with two attached hydrogens (primary N) is 1. The minimum absolute atomic E-state index is 0.134. The van der Waals surface area contributed by atoms with Crippen LogP contribution in [-0.4, -0.2) is 86.3 Å². The van der Waals surface area contributed by atoms with Gasteiger partial charge in [0, 0.05) is 12.8 Å². The van der Waals surface area contributed by atoms with Crippen molar-refractivity contribution in [1.82, 2.24) is 16.0 Å². The first-order chi connectivity index (χ1) is 16.8. The van der Waals surface area contributed by atoms with E-state index in [1.807, 2.05) is 0 Å². The van der Waals surface area contributed by atoms with Crippen LogP contribution in [-0.2, 0) is 35.2 Å². The van der Waals surface area contributed by atoms with E-state index < -0.39 is 85.2 Å². The summed E-state index contributed by atoms with van der Waals surface area (Å²) in [6.45, 7) is 1.22. The quantitative estimate of drug-likeness (QED) is 0.126. The summed E-state index contributed by atoms with van der Waals surface area (Å²) < 4.78 is 0. The number of carboxylic acids is 3. The average Bonchev–Trinajstić information content (AvgIpc) is 2.79. The van der Waals surface area contributed by atoms with E-state index in [9.17, 15) is 39.0 Å². The topological polar surface area (TPSA) is 245 Å². The van der Waals surface area contributed by atoms with E-state index in [1.54, 1.807) is 30.3 Å². The molecule has 0 heterocycles. The molecule has 0 fully saturated rings. The van der Waals surface area contributed by atoms with Crippen LogP contribution in [0.15, 0.2) is 30.3 Å². The number of aliphatic hydroxyl groups excluding tert-OH is 1. The lowest BCUT2D eigenvalue weighted by Crippen LogP contribution is -2.58. The van der Waals surface area contributed by atoms with E-state index in [1.165, 1.54) is 6.92 Å². The molecule has 0 aliphatic carbocycles. The van der Waals surface area contributed by atoms with Crippen LogP contribution in [0, 0.1) is 0 Å². The predicted molar refractivity (Wildman–Crippen MR) is 122 cm³/mol. The van der Waals surface area contributed by atoms with Crippen LogP contribution in [0.3, 0.4) is 0 Å². The van der Waals surface area contributed by atoms with Crippen molar-refractivity contribution in [3.8, 4) is 0 Å². The van der Waals surface area contributed by atoms with Crippen molar-refractivity contribution >= 4 is 35.6 Å². The second-order valence-corrected chi connectivity index (χ2v) is 8.01. The van der Waals surface area contributed by atoms with Crippen LogP contribution in [0.2, 0.25) is 0 Å². The van der Waals surface area contributed by atoms with Crippen molar-refractivity contribution in [2.24, 2.45) is 5.73 Å². The molecule has 0 spiro atoms. The Hall–Kier alpha value is -4.04. The Morgan fingerprint density at radius 1 is 0.806 bits per heavy atom. The third-order valence-corrected chi connectivity index (χ3v) is 5.01. The highest BCUT2D eigenvalue weighted by molar-refractivity contribution is 5.95. The summed E-state index contributed by atoms with van der Waals surface area (Å²) in [5.74, 6) is -7.26. The predicted octanol–water partition coefficient (Wildman–Crippen LogP) is -2.18. The van der Waals surface area contributed by atoms with Crippen molar-refractivity contribution in [3.63, 3.8) is 0 Å². The molecule has 14 heteroatoms. The molecule has 1 aromatic carbocycles. The van der Waals surface area contributed by atoms with Crippen LogP contribution in [0.5, 0.6) is 0 Å². The third kappa shape index (κ3) is 10.5. The number of benzene rings is 1. The number of carbonyl (C=O) groups is 6. The highest BCUT2D eigenvalue weighted by Crippen LogP contribution is 2.07. The number of aliphatic carboxylic acids is 3. The Morgan fingerprint density at radius 3 is 1.83 bits per heavy atom. The summed E-state index contributed by atoms with van der Waals surface area (Å²) in [4.78, 5) is 71.5. The molecule has 14 nitrogen and oxygen atoms in total. The van der Waals surface area contributed by atoms with Crippen LogP contribution in [0.4, 0.5) is 0 Å². The molecule has 1 aromatic rings. The van der Waals surface area contributed by atoms with Crippen molar-refractivity contribution in [3.05, 3.63) is 35.9 Å². The van der Waals surface area contributed by atoms with Gasteiger partial charge in [-0.05, 0) is 18.9 Å². The van der Waals surface area contributed by atoms with Gasteiger partial charge >= 0.3 is 17.9 Å². The van der Waals surface area contributed by atoms with E-state index in [0.717, 1.165) is 0 Å². The van der Waals surface area contributed by atoms with Gasteiger partial charge in [0.1, 0.15) is 24.2 Å². The fourth-order valence-corrected chi connectivity index (χ4v) is 3.00. The lowest BCUT2D eigenvalue weighted by Gasteiger charge is -2.25. The summed E-state index contributed by atoms with van der Waals surface area (Å²) in [6.07, 6.45) is -3.26. The second-order valence-electron chi connectivity index (χ2n) is 8.01. The Bertz CT molecular complexity index is 953. The number of hydrogen-bond acceptors (Lipinski definition) is 8. The van der Waals surface area contributed by atoms with E-state index in [0.29, 0.717) is 5.56 Å². The zero-order chi connectivity index (χ0) is 27.4. The maximum atomic E-state index is 12.9. The molecule has 0 saturated heterocycles. The number of amides is 3. The fraction of sp³-hybridized carbons (Fsp3) is 0.455. The zero-order valence-corrected chi connectivity index (χ0v) is 19.4. The molecule has 0 aliphatic heterocycles. The lowest BCUT2D eigenvalue weighted by atomic mass is 10.0. The normalized spacial score (nSPS) is 14.9. The van der Waals surface area contributed by atoms with Crippen molar-refractivity contribution in [2.45, 2.75) is 62.9 Å². The molecular formula is C22H30N4O10. The largest absolute Gasteiger partial charge is 0.481 e. The van der Waals surface area contributed by atoms with Crippen LogP contribution in [0.25, 0.3) is 0 Å². The number of rotatable bonds is 15. The lowest BCUT2D eigenvalue weighted by molar-refractivity contribution is -0.144. The van der Waals surface area contributed by atoms with Gasteiger partial charge in [-0.25, -0.2) is 4.79 Å². The molecule has 0 saturated carbocycles. The number of hydrogen-bond donors (Lipinski definition) is 8. The summed E-state index contributed by atoms with van der Waals surface area (Å²) in [6, 6.07) is 2.16. The summed E-state index contributed by atoms with van der Waals surface area (Å²) in [5.41, 5.74) is 6.08. The van der Waals surface area contributed by atoms with Crippen molar-refractivity contribution < 1.29 is 49.2 Å². The minimum Gasteiger partial charge on any atom is -0.481 e. The number of nitrogens with one attached hydrogen (secondary N) is 3. The van der Waals surface area contributed by atoms with Crippen molar-refractivity contribution in [2.75, 3.05) is 0 Å². The molecule has 5 atom stereocenters. The Kier molecular flexibility index (Phi) is 12.0. The molecule has 36 heavy (non-hydrogen) atoms. The maximum Gasteiger partial charge on any atom is 0.326 e. The molecule has 0 aromatic heterocycles. The van der Waals surface area contributed by atoms with E-state index in [2.05, 4.69) is 16.0 Å². The highest BCUT2D eigenvalue weighted by atomic mass is 16.4. The first-order valence-electron chi connectivity index (χ1n) is 10.9. The number of carbonyl (C=O) groups excluding carboxylic acids is 3. The van der Waals surface area contributed by atoms with Crippen molar-refractivity contribution in [1.29, 1.82) is 0 Å². The van der Waals surface area contributed by atoms with Gasteiger partial charge in [0.2, 0.25) is 17.7 Å². The Morgan fingerprint density at radius 2 is 1.33 bits per heavy atom. The maximum absolute atomic E-state index is 12.9. The third-order valence-electron chi connectivity index (χ3n) is 5.01. The van der Waals surface area contributed by atoms with Gasteiger partial charge in [-0.15, -0.1) is 0 Å². The minimum atomic E-state index is -1.67. The average molecular weight is 511 g/mol. The van der Waals surface area contributed by atoms with E-state index >= 15 is 0 Å². The highest BCUT2D eigenvalue weighted by Gasteiger charge is 2.32. The first-order valence-corrected chi connectivity index (χ1v) is 10.9. The van der Waals surface area contributed by atoms with Gasteiger partial charge in [-0.1, -0.05) is 30.3 Å². The van der Waals surface area contributed by atoms with Gasteiger partial charge in [-0.3, -0.25) is 24.0 Å². The fourth-order valence-electron chi connectivity index (χ4n) is 3.00. The summed E-state index contributed by atoms with van der Waals surface area (Å²) in [7, 11) is 0. The standard InChI is InChI=1S/C22H30N4O10/c1-11(27)18(23)21(34)26-15(10-17(30)31)20(33)25-14(9-12-5-3-2-4-6-12)19(32)24-13(22(35)36)7-8-16(28)29/h2-6,11,13-15,18,27H,7-10,23H2,1H3,(H,24,32)(H,25,33)(H,26,34)(H,28,29)(H,30,31)(H,35,36). The van der Waals surface area contributed by atoms with Gasteiger partial charge in [0.25, 0.3) is 0 Å². The SMILES string of the molecule is CC(O)C(N)C(=O)NC(CC(=O)O)C(=O)NC(Cc1ccccc1)C(=O)NC(CCC(=O)O)C(=O)O. The first kappa shape index (κ1) is 30.0. The van der Waals surface area contributed by atoms with Gasteiger partial charge < -0.3 is 42.1 Å². The van der Waals surface area contributed by atoms with Crippen LogP contribution in [0.1, 0.15) is 31.7 Å².